The molecule has 0 aliphatic heterocycles. The Morgan fingerprint density at radius 2 is 2.05 bits per heavy atom. The predicted molar refractivity (Wildman–Crippen MR) is 76.0 cm³/mol. The Hall–Kier alpha value is -2.44. The predicted octanol–water partition coefficient (Wildman–Crippen LogP) is 2.67. The Morgan fingerprint density at radius 1 is 1.43 bits per heavy atom. The molecule has 0 saturated heterocycles. The van der Waals surface area contributed by atoms with E-state index in [4.69, 9.17) is 4.74 Å². The first-order chi connectivity index (χ1) is 9.64. The minimum atomic E-state index is -1.00. The highest BCUT2D eigenvalue weighted by atomic mass is 16.6. The first-order valence-electron chi connectivity index (χ1n) is 6.34. The summed E-state index contributed by atoms with van der Waals surface area (Å²) in [7, 11) is 0. The normalized spacial score (nSPS) is 12.4. The number of nitro groups is 1. The van der Waals surface area contributed by atoms with Crippen LogP contribution in [0.3, 0.4) is 0 Å². The summed E-state index contributed by atoms with van der Waals surface area (Å²) in [6.07, 6.45) is -0.263. The summed E-state index contributed by atoms with van der Waals surface area (Å²) < 4.78 is 5.05. The molecule has 1 unspecified atom stereocenters. The number of benzene rings is 1. The van der Waals surface area contributed by atoms with Gasteiger partial charge in [0.25, 0.3) is 5.69 Å². The summed E-state index contributed by atoms with van der Waals surface area (Å²) in [6.45, 7) is 6.68. The first-order valence-corrected chi connectivity index (χ1v) is 6.34. The molecule has 0 fully saturated rings. The lowest BCUT2D eigenvalue weighted by Crippen LogP contribution is -2.35. The van der Waals surface area contributed by atoms with E-state index in [9.17, 15) is 19.7 Å². The number of carbonyl (C=O) groups is 2. The van der Waals surface area contributed by atoms with Crippen LogP contribution in [0.25, 0.3) is 0 Å². The van der Waals surface area contributed by atoms with Crippen LogP contribution < -0.4 is 5.32 Å². The van der Waals surface area contributed by atoms with Crippen molar-refractivity contribution in [1.29, 1.82) is 0 Å². The molecular formula is C14H18N2O5. The highest BCUT2D eigenvalue weighted by Crippen LogP contribution is 2.23. The van der Waals surface area contributed by atoms with Gasteiger partial charge in [-0.05, 0) is 33.3 Å². The Balaban J connectivity index is 2.96. The number of carbonyl (C=O) groups excluding carboxylic acids is 2. The van der Waals surface area contributed by atoms with Crippen LogP contribution in [0, 0.1) is 17.0 Å². The van der Waals surface area contributed by atoms with Gasteiger partial charge in [-0.2, -0.15) is 0 Å². The van der Waals surface area contributed by atoms with E-state index in [1.54, 1.807) is 33.8 Å². The lowest BCUT2D eigenvalue weighted by Gasteiger charge is -2.21. The van der Waals surface area contributed by atoms with E-state index in [1.807, 2.05) is 0 Å². The number of hydrogen-bond donors (Lipinski definition) is 1. The second-order valence-corrected chi connectivity index (χ2v) is 5.56. The van der Waals surface area contributed by atoms with E-state index in [-0.39, 0.29) is 5.69 Å². The van der Waals surface area contributed by atoms with Gasteiger partial charge in [-0.25, -0.2) is 4.79 Å². The lowest BCUT2D eigenvalue weighted by atomic mass is 10.0. The molecule has 0 spiro atoms. The smallest absolute Gasteiger partial charge is 0.408 e. The third-order valence-electron chi connectivity index (χ3n) is 2.60. The molecule has 0 bridgehead atoms. The molecule has 1 N–H and O–H groups in total. The van der Waals surface area contributed by atoms with E-state index in [0.717, 1.165) is 0 Å². The molecule has 0 aliphatic rings. The van der Waals surface area contributed by atoms with Gasteiger partial charge >= 0.3 is 6.09 Å². The lowest BCUT2D eigenvalue weighted by molar-refractivity contribution is -0.385. The molecule has 0 aromatic heterocycles. The number of aryl methyl sites for hydroxylation is 1. The number of hydrogen-bond acceptors (Lipinski definition) is 5. The zero-order chi connectivity index (χ0) is 16.2. The highest BCUT2D eigenvalue weighted by molar-refractivity contribution is 5.75. The molecule has 7 nitrogen and oxygen atoms in total. The molecule has 7 heteroatoms. The number of aldehydes is 1. The van der Waals surface area contributed by atoms with Crippen molar-refractivity contribution < 1.29 is 19.2 Å². The Morgan fingerprint density at radius 3 is 2.52 bits per heavy atom. The van der Waals surface area contributed by atoms with E-state index >= 15 is 0 Å². The topological polar surface area (TPSA) is 98.5 Å². The van der Waals surface area contributed by atoms with Gasteiger partial charge in [-0.3, -0.25) is 10.1 Å². The van der Waals surface area contributed by atoms with Crippen molar-refractivity contribution in [2.75, 3.05) is 0 Å². The second-order valence-electron chi connectivity index (χ2n) is 5.56. The molecule has 1 aromatic rings. The Labute approximate surface area is 122 Å². The molecule has 1 amide bonds. The quantitative estimate of drug-likeness (QED) is 0.523. The van der Waals surface area contributed by atoms with Crippen LogP contribution >= 0.6 is 0 Å². The number of ether oxygens (including phenoxy) is 1. The average molecular weight is 294 g/mol. The molecule has 0 radical (unpaired) electrons. The summed E-state index contributed by atoms with van der Waals surface area (Å²) in [4.78, 5) is 33.2. The Kier molecular flexibility index (Phi) is 5.02. The van der Waals surface area contributed by atoms with Crippen LogP contribution in [-0.4, -0.2) is 22.9 Å². The zero-order valence-electron chi connectivity index (χ0n) is 12.4. The number of nitro benzene ring substituents is 1. The van der Waals surface area contributed by atoms with Gasteiger partial charge in [-0.1, -0.05) is 12.1 Å². The van der Waals surface area contributed by atoms with Gasteiger partial charge < -0.3 is 14.8 Å². The number of alkyl carbamates (subject to hydrolysis) is 1. The van der Waals surface area contributed by atoms with Gasteiger partial charge in [0, 0.05) is 11.6 Å². The van der Waals surface area contributed by atoms with Gasteiger partial charge in [-0.15, -0.1) is 0 Å². The molecule has 114 valence electrons. The molecular weight excluding hydrogens is 276 g/mol. The van der Waals surface area contributed by atoms with Gasteiger partial charge in [0.2, 0.25) is 0 Å². The maximum atomic E-state index is 11.7. The van der Waals surface area contributed by atoms with Crippen LogP contribution in [0.1, 0.15) is 37.9 Å². The van der Waals surface area contributed by atoms with Crippen molar-refractivity contribution in [3.05, 3.63) is 39.4 Å². The van der Waals surface area contributed by atoms with E-state index in [0.29, 0.717) is 17.4 Å². The van der Waals surface area contributed by atoms with Gasteiger partial charge in [0.05, 0.1) is 4.92 Å². The summed E-state index contributed by atoms with van der Waals surface area (Å²) >= 11 is 0. The maximum Gasteiger partial charge on any atom is 0.408 e. The van der Waals surface area contributed by atoms with Crippen molar-refractivity contribution in [1.82, 2.24) is 5.32 Å². The van der Waals surface area contributed by atoms with E-state index in [1.165, 1.54) is 12.1 Å². The minimum absolute atomic E-state index is 0.106. The number of rotatable bonds is 4. The van der Waals surface area contributed by atoms with E-state index in [2.05, 4.69) is 5.32 Å². The number of nitrogens with one attached hydrogen (secondary N) is 1. The summed E-state index contributed by atoms with van der Waals surface area (Å²) in [5.74, 6) is 0. The molecule has 0 heterocycles. The summed E-state index contributed by atoms with van der Waals surface area (Å²) in [5.41, 5.74) is 0.000672. The van der Waals surface area contributed by atoms with Crippen LogP contribution in [0.15, 0.2) is 18.2 Å². The fourth-order valence-corrected chi connectivity index (χ4v) is 1.65. The molecule has 0 saturated carbocycles. The SMILES string of the molecule is Cc1ccc(C(C=O)NC(=O)OC(C)(C)C)cc1[N+](=O)[O-]. The minimum Gasteiger partial charge on any atom is -0.444 e. The second kappa shape index (κ2) is 6.34. The average Bonchev–Trinajstić information content (AvgIpc) is 2.34. The van der Waals surface area contributed by atoms with Crippen molar-refractivity contribution in [2.24, 2.45) is 0 Å². The third-order valence-corrected chi connectivity index (χ3v) is 2.60. The van der Waals surface area contributed by atoms with Crippen molar-refractivity contribution in [2.45, 2.75) is 39.3 Å². The fraction of sp³-hybridized carbons (Fsp3) is 0.429. The van der Waals surface area contributed by atoms with E-state index < -0.39 is 22.7 Å². The Bertz CT molecular complexity index is 563. The maximum absolute atomic E-state index is 11.7. The summed E-state index contributed by atoms with van der Waals surface area (Å²) in [5, 5.41) is 13.3. The fourth-order valence-electron chi connectivity index (χ4n) is 1.65. The molecule has 1 atom stereocenters. The first kappa shape index (κ1) is 16.6. The van der Waals surface area contributed by atoms with Crippen LogP contribution in [0.5, 0.6) is 0 Å². The molecule has 1 aromatic carbocycles. The monoisotopic (exact) mass is 294 g/mol. The molecule has 1 rings (SSSR count). The van der Waals surface area contributed by atoms with Crippen LogP contribution in [0.4, 0.5) is 10.5 Å². The van der Waals surface area contributed by atoms with Gasteiger partial charge in [0.1, 0.15) is 17.9 Å². The van der Waals surface area contributed by atoms with Gasteiger partial charge in [0.15, 0.2) is 0 Å². The standard InChI is InChI=1S/C14H18N2O5/c1-9-5-6-10(7-12(9)16(19)20)11(8-17)15-13(18)21-14(2,3)4/h5-8,11H,1-4H3,(H,15,18). The largest absolute Gasteiger partial charge is 0.444 e. The highest BCUT2D eigenvalue weighted by Gasteiger charge is 2.22. The van der Waals surface area contributed by atoms with Crippen molar-refractivity contribution >= 4 is 18.1 Å². The number of nitrogens with zero attached hydrogens (tertiary/aromatic N) is 1. The van der Waals surface area contributed by atoms with Crippen molar-refractivity contribution in [3.63, 3.8) is 0 Å². The van der Waals surface area contributed by atoms with Crippen LogP contribution in [0.2, 0.25) is 0 Å². The molecule has 0 aliphatic carbocycles. The van der Waals surface area contributed by atoms with Crippen LogP contribution in [-0.2, 0) is 9.53 Å². The van der Waals surface area contributed by atoms with Crippen molar-refractivity contribution in [3.8, 4) is 0 Å². The third kappa shape index (κ3) is 4.87. The molecule has 21 heavy (non-hydrogen) atoms. The summed E-state index contributed by atoms with van der Waals surface area (Å²) in [6, 6.07) is 3.35. The number of amides is 1. The zero-order valence-corrected chi connectivity index (χ0v) is 12.4.